The highest BCUT2D eigenvalue weighted by Crippen LogP contribution is 2.10. The largest absolute Gasteiger partial charge is 0.370 e. The second kappa shape index (κ2) is 10.7. The molecule has 0 aliphatic rings. The second-order valence-electron chi connectivity index (χ2n) is 7.24. The first-order valence-electron chi connectivity index (χ1n) is 9.52. The maximum absolute atomic E-state index is 13.3. The van der Waals surface area contributed by atoms with Crippen molar-refractivity contribution in [3.63, 3.8) is 0 Å². The molecule has 2 heterocycles. The van der Waals surface area contributed by atoms with Gasteiger partial charge in [-0.3, -0.25) is 24.6 Å². The van der Waals surface area contributed by atoms with E-state index in [4.69, 9.17) is 17.3 Å². The van der Waals surface area contributed by atoms with Crippen LogP contribution in [0.25, 0.3) is 5.52 Å². The first-order chi connectivity index (χ1) is 14.6. The first kappa shape index (κ1) is 24.1. The molecule has 2 rings (SSSR count). The number of pyridine rings is 1. The Morgan fingerprint density at radius 3 is 2.58 bits per heavy atom. The number of carbonyl (C=O) groups excluding carboxylic acids is 4. The molecule has 0 bridgehead atoms. The molecule has 0 saturated carbocycles. The van der Waals surface area contributed by atoms with E-state index in [1.165, 1.54) is 4.52 Å². The van der Waals surface area contributed by atoms with Gasteiger partial charge in [0, 0.05) is 12.6 Å². The molecule has 0 fully saturated rings. The summed E-state index contributed by atoms with van der Waals surface area (Å²) in [5.41, 5.74) is 5.63. The van der Waals surface area contributed by atoms with Gasteiger partial charge in [0.15, 0.2) is 5.69 Å². The molecule has 0 radical (unpaired) electrons. The summed E-state index contributed by atoms with van der Waals surface area (Å²) in [4.78, 5) is 48.4. The summed E-state index contributed by atoms with van der Waals surface area (Å²) in [6, 6.07) is 5.81. The predicted octanol–water partition coefficient (Wildman–Crippen LogP) is 0.748. The number of rotatable bonds is 9. The van der Waals surface area contributed by atoms with Crippen LogP contribution in [0.5, 0.6) is 0 Å². The number of nitrogens with two attached hydrogens (primary N) is 1. The number of primary amides is 1. The van der Waals surface area contributed by atoms with E-state index in [2.05, 4.69) is 15.8 Å². The lowest BCUT2D eigenvalue weighted by molar-refractivity contribution is -0.144. The van der Waals surface area contributed by atoms with Crippen LogP contribution in [0, 0.1) is 5.92 Å². The van der Waals surface area contributed by atoms with E-state index >= 15 is 0 Å². The van der Waals surface area contributed by atoms with Crippen LogP contribution in [-0.2, 0) is 14.4 Å². The lowest BCUT2D eigenvalue weighted by Gasteiger charge is -2.26. The van der Waals surface area contributed by atoms with Crippen molar-refractivity contribution in [1.82, 2.24) is 25.4 Å². The summed E-state index contributed by atoms with van der Waals surface area (Å²) in [7, 11) is 0. The average molecular weight is 455 g/mol. The van der Waals surface area contributed by atoms with E-state index in [0.717, 1.165) is 0 Å². The van der Waals surface area contributed by atoms with Crippen LogP contribution in [0.15, 0.2) is 30.5 Å². The zero-order valence-corrected chi connectivity index (χ0v) is 17.8. The molecular formula is C19H24ClFN6O4. The van der Waals surface area contributed by atoms with Gasteiger partial charge in [0.05, 0.1) is 12.1 Å². The number of carbonyl (C=O) groups is 4. The molecule has 0 spiro atoms. The van der Waals surface area contributed by atoms with E-state index in [0.29, 0.717) is 10.5 Å². The van der Waals surface area contributed by atoms with Crippen molar-refractivity contribution in [1.29, 1.82) is 0 Å². The molecule has 2 atom stereocenters. The standard InChI is InChI=1S/C19H24ClFN6O4/c1-11(2)9-13(18(30)25-27(8-6-15(22)28)19(31)16(20)21)23-17(29)14-10-12-5-3-4-7-26(12)24-14/h3-5,7,10-11,13,16H,6,8-9H2,1-2H3,(H2,22,28)(H,23,29)(H,25,30)/t13-,16+/m0/s1. The molecule has 10 nitrogen and oxygen atoms in total. The van der Waals surface area contributed by atoms with E-state index in [-0.39, 0.29) is 31.0 Å². The average Bonchev–Trinajstić information content (AvgIpc) is 3.13. The van der Waals surface area contributed by atoms with Gasteiger partial charge >= 0.3 is 0 Å². The highest BCUT2D eigenvalue weighted by Gasteiger charge is 2.29. The molecule has 0 aliphatic carbocycles. The van der Waals surface area contributed by atoms with Crippen LogP contribution in [0.3, 0.4) is 0 Å². The van der Waals surface area contributed by atoms with Crippen LogP contribution < -0.4 is 16.5 Å². The Morgan fingerprint density at radius 1 is 1.29 bits per heavy atom. The van der Waals surface area contributed by atoms with Crippen LogP contribution in [0.2, 0.25) is 0 Å². The summed E-state index contributed by atoms with van der Waals surface area (Å²) in [6.45, 7) is 3.30. The van der Waals surface area contributed by atoms with Crippen LogP contribution in [0.1, 0.15) is 37.2 Å². The summed E-state index contributed by atoms with van der Waals surface area (Å²) in [5.74, 6) is -3.39. The number of hydrazine groups is 1. The number of hydrogen-bond donors (Lipinski definition) is 3. The summed E-state index contributed by atoms with van der Waals surface area (Å²) in [6.07, 6.45) is 1.58. The maximum Gasteiger partial charge on any atom is 0.291 e. The number of halogens is 2. The van der Waals surface area contributed by atoms with Gasteiger partial charge in [0.2, 0.25) is 5.91 Å². The zero-order valence-electron chi connectivity index (χ0n) is 17.0. The van der Waals surface area contributed by atoms with Crippen molar-refractivity contribution in [3.8, 4) is 0 Å². The van der Waals surface area contributed by atoms with Gasteiger partial charge in [-0.05, 0) is 30.5 Å². The van der Waals surface area contributed by atoms with Crippen molar-refractivity contribution in [2.45, 2.75) is 38.4 Å². The van der Waals surface area contributed by atoms with E-state index in [1.54, 1.807) is 30.5 Å². The summed E-state index contributed by atoms with van der Waals surface area (Å²) in [5, 5.41) is 7.31. The SMILES string of the molecule is CC(C)C[C@H](NC(=O)c1cc2ccccn2n1)C(=O)NN(CCC(N)=O)C(=O)[C@@H](F)Cl. The van der Waals surface area contributed by atoms with Gasteiger partial charge in [-0.25, -0.2) is 13.9 Å². The van der Waals surface area contributed by atoms with E-state index in [9.17, 15) is 23.6 Å². The molecule has 4 N–H and O–H groups in total. The molecule has 0 unspecified atom stereocenters. The second-order valence-corrected chi connectivity index (χ2v) is 7.62. The monoisotopic (exact) mass is 454 g/mol. The van der Waals surface area contributed by atoms with Gasteiger partial charge < -0.3 is 11.1 Å². The Hall–Kier alpha value is -3.21. The maximum atomic E-state index is 13.3. The minimum atomic E-state index is -2.43. The Balaban J connectivity index is 2.16. The van der Waals surface area contributed by atoms with Crippen LogP contribution in [-0.4, -0.2) is 56.5 Å². The van der Waals surface area contributed by atoms with Crippen molar-refractivity contribution in [3.05, 3.63) is 36.2 Å². The zero-order chi connectivity index (χ0) is 23.1. The predicted molar refractivity (Wildman–Crippen MR) is 110 cm³/mol. The highest BCUT2D eigenvalue weighted by atomic mass is 35.5. The third kappa shape index (κ3) is 6.92. The molecule has 0 saturated heterocycles. The lowest BCUT2D eigenvalue weighted by Crippen LogP contribution is -2.56. The summed E-state index contributed by atoms with van der Waals surface area (Å²) < 4.78 is 14.8. The number of fused-ring (bicyclic) bond motifs is 1. The fourth-order valence-corrected chi connectivity index (χ4v) is 2.87. The van der Waals surface area contributed by atoms with Gasteiger partial charge in [-0.1, -0.05) is 31.5 Å². The number of alkyl halides is 2. The van der Waals surface area contributed by atoms with E-state index < -0.39 is 35.3 Å². The van der Waals surface area contributed by atoms with Crippen molar-refractivity contribution in [2.75, 3.05) is 6.54 Å². The van der Waals surface area contributed by atoms with E-state index in [1.807, 2.05) is 13.8 Å². The summed E-state index contributed by atoms with van der Waals surface area (Å²) >= 11 is 5.18. The Morgan fingerprint density at radius 2 is 2.00 bits per heavy atom. The third-order valence-electron chi connectivity index (χ3n) is 4.21. The molecular weight excluding hydrogens is 431 g/mol. The fourth-order valence-electron chi connectivity index (χ4n) is 2.76. The minimum Gasteiger partial charge on any atom is -0.370 e. The molecule has 0 aliphatic heterocycles. The minimum absolute atomic E-state index is 0.00570. The Bertz CT molecular complexity index is 931. The fraction of sp³-hybridized carbons (Fsp3) is 0.421. The molecule has 31 heavy (non-hydrogen) atoms. The normalized spacial score (nSPS) is 12.9. The topological polar surface area (TPSA) is 139 Å². The van der Waals surface area contributed by atoms with Crippen LogP contribution >= 0.6 is 11.6 Å². The van der Waals surface area contributed by atoms with Gasteiger partial charge in [0.25, 0.3) is 23.4 Å². The van der Waals surface area contributed by atoms with Gasteiger partial charge in [0.1, 0.15) is 6.04 Å². The molecule has 0 aromatic carbocycles. The van der Waals surface area contributed by atoms with Crippen LogP contribution in [0.4, 0.5) is 4.39 Å². The first-order valence-corrected chi connectivity index (χ1v) is 9.95. The molecule has 2 aromatic heterocycles. The van der Waals surface area contributed by atoms with Crippen molar-refractivity contribution in [2.24, 2.45) is 11.7 Å². The molecule has 12 heteroatoms. The van der Waals surface area contributed by atoms with Crippen molar-refractivity contribution >= 4 is 40.7 Å². The Labute approximate surface area is 182 Å². The number of nitrogens with zero attached hydrogens (tertiary/aromatic N) is 3. The lowest BCUT2D eigenvalue weighted by atomic mass is 10.0. The third-order valence-corrected chi connectivity index (χ3v) is 4.40. The number of amides is 4. The molecule has 4 amide bonds. The van der Waals surface area contributed by atoms with Gasteiger partial charge in [-0.15, -0.1) is 0 Å². The number of aromatic nitrogens is 2. The highest BCUT2D eigenvalue weighted by molar-refractivity contribution is 6.29. The molecule has 2 aromatic rings. The number of hydrogen-bond acceptors (Lipinski definition) is 5. The molecule has 168 valence electrons. The Kier molecular flexibility index (Phi) is 8.31. The quantitative estimate of drug-likeness (QED) is 0.379. The van der Waals surface area contributed by atoms with Gasteiger partial charge in [-0.2, -0.15) is 5.10 Å². The van der Waals surface area contributed by atoms with Crippen molar-refractivity contribution < 1.29 is 23.6 Å². The smallest absolute Gasteiger partial charge is 0.291 e. The number of nitrogens with one attached hydrogen (secondary N) is 2.